The first-order chi connectivity index (χ1) is 7.20. The van der Waals surface area contributed by atoms with Crippen LogP contribution in [0.2, 0.25) is 0 Å². The molecule has 0 aliphatic heterocycles. The van der Waals surface area contributed by atoms with Crippen LogP contribution in [0, 0.1) is 5.41 Å². The molecule has 1 fully saturated rings. The van der Waals surface area contributed by atoms with E-state index in [2.05, 4.69) is 9.97 Å². The van der Waals surface area contributed by atoms with Crippen molar-refractivity contribution >= 4 is 5.84 Å². The Balaban J connectivity index is 2.29. The van der Waals surface area contributed by atoms with Crippen molar-refractivity contribution in [2.24, 2.45) is 5.73 Å². The lowest BCUT2D eigenvalue weighted by molar-refractivity contribution is 0.405. The Bertz CT molecular complexity index is 387. The van der Waals surface area contributed by atoms with E-state index in [1.807, 2.05) is 0 Å². The second-order valence-electron chi connectivity index (χ2n) is 3.72. The van der Waals surface area contributed by atoms with E-state index >= 15 is 0 Å². The van der Waals surface area contributed by atoms with Crippen LogP contribution in [0.4, 0.5) is 0 Å². The average Bonchev–Trinajstić information content (AvgIpc) is 3.00. The number of nitrogens with two attached hydrogens (primary N) is 1. The third kappa shape index (κ3) is 2.23. The van der Waals surface area contributed by atoms with Crippen LogP contribution in [0.3, 0.4) is 0 Å². The molecule has 2 rings (SSSR count). The largest absolute Gasteiger partial charge is 0.493 e. The highest BCUT2D eigenvalue weighted by atomic mass is 16.5. The van der Waals surface area contributed by atoms with Gasteiger partial charge in [0.1, 0.15) is 5.82 Å². The van der Waals surface area contributed by atoms with Gasteiger partial charge in [-0.2, -0.15) is 0 Å². The lowest BCUT2D eigenvalue weighted by Crippen LogP contribution is -2.15. The van der Waals surface area contributed by atoms with Crippen molar-refractivity contribution < 1.29 is 4.74 Å². The molecule has 0 radical (unpaired) electrons. The van der Waals surface area contributed by atoms with Crippen molar-refractivity contribution in [2.45, 2.75) is 25.2 Å². The van der Waals surface area contributed by atoms with Crippen LogP contribution in [-0.2, 0) is 6.42 Å². The molecule has 0 amide bonds. The number of ether oxygens (including phenoxy) is 1. The molecule has 0 unspecified atom stereocenters. The molecule has 1 saturated carbocycles. The summed E-state index contributed by atoms with van der Waals surface area (Å²) in [5.74, 6) is 2.05. The van der Waals surface area contributed by atoms with E-state index in [-0.39, 0.29) is 5.84 Å². The minimum Gasteiger partial charge on any atom is -0.493 e. The van der Waals surface area contributed by atoms with E-state index in [1.165, 1.54) is 0 Å². The third-order valence-corrected chi connectivity index (χ3v) is 2.37. The number of hydrogen-bond acceptors (Lipinski definition) is 4. The van der Waals surface area contributed by atoms with Crippen molar-refractivity contribution in [1.82, 2.24) is 9.97 Å². The Hall–Kier alpha value is -1.65. The number of methoxy groups -OCH3 is 1. The van der Waals surface area contributed by atoms with Gasteiger partial charge in [-0.1, -0.05) is 0 Å². The molecule has 1 aliphatic carbocycles. The highest BCUT2D eigenvalue weighted by molar-refractivity contribution is 5.79. The van der Waals surface area contributed by atoms with Gasteiger partial charge >= 0.3 is 0 Å². The Morgan fingerprint density at radius 1 is 1.67 bits per heavy atom. The fraction of sp³-hybridized carbons (Fsp3) is 0.500. The summed E-state index contributed by atoms with van der Waals surface area (Å²) in [5.41, 5.74) is 6.07. The second kappa shape index (κ2) is 3.84. The molecule has 1 heterocycles. The summed E-state index contributed by atoms with van der Waals surface area (Å²) in [6.07, 6.45) is 4.31. The van der Waals surface area contributed by atoms with Crippen LogP contribution >= 0.6 is 0 Å². The molecule has 0 saturated heterocycles. The lowest BCUT2D eigenvalue weighted by atomic mass is 10.2. The maximum Gasteiger partial charge on any atom is 0.159 e. The first kappa shape index (κ1) is 9.89. The van der Waals surface area contributed by atoms with E-state index in [4.69, 9.17) is 15.9 Å². The molecule has 3 N–H and O–H groups in total. The zero-order chi connectivity index (χ0) is 10.8. The van der Waals surface area contributed by atoms with Gasteiger partial charge in [0, 0.05) is 5.92 Å². The minimum absolute atomic E-state index is 0.0914. The predicted octanol–water partition coefficient (Wildman–Crippen LogP) is 0.841. The van der Waals surface area contributed by atoms with Gasteiger partial charge < -0.3 is 10.5 Å². The summed E-state index contributed by atoms with van der Waals surface area (Å²) in [6, 6.07) is 0. The standard InChI is InChI=1S/C10H14N4O/c1-15-8-5-13-10(6-2-3-6)14-7(8)4-9(11)12/h5-6H,2-4H2,1H3,(H3,11,12). The summed E-state index contributed by atoms with van der Waals surface area (Å²) in [5, 5.41) is 7.26. The topological polar surface area (TPSA) is 84.9 Å². The van der Waals surface area contributed by atoms with Gasteiger partial charge in [0.05, 0.1) is 31.3 Å². The molecule has 1 aliphatic rings. The molecular weight excluding hydrogens is 192 g/mol. The number of rotatable bonds is 4. The summed E-state index contributed by atoms with van der Waals surface area (Å²) in [4.78, 5) is 8.62. The van der Waals surface area contributed by atoms with E-state index in [0.717, 1.165) is 18.7 Å². The van der Waals surface area contributed by atoms with Gasteiger partial charge in [-0.25, -0.2) is 9.97 Å². The zero-order valence-electron chi connectivity index (χ0n) is 8.66. The molecule has 0 spiro atoms. The van der Waals surface area contributed by atoms with E-state index < -0.39 is 0 Å². The summed E-state index contributed by atoms with van der Waals surface area (Å²) < 4.78 is 5.12. The van der Waals surface area contributed by atoms with Gasteiger partial charge in [0.25, 0.3) is 0 Å². The van der Waals surface area contributed by atoms with Crippen molar-refractivity contribution in [1.29, 1.82) is 5.41 Å². The van der Waals surface area contributed by atoms with E-state index in [1.54, 1.807) is 13.3 Å². The molecule has 0 atom stereocenters. The number of hydrogen-bond donors (Lipinski definition) is 2. The predicted molar refractivity (Wildman–Crippen MR) is 56.2 cm³/mol. The molecule has 80 valence electrons. The number of aromatic nitrogens is 2. The van der Waals surface area contributed by atoms with Crippen molar-refractivity contribution in [3.8, 4) is 5.75 Å². The van der Waals surface area contributed by atoms with Gasteiger partial charge in [-0.15, -0.1) is 0 Å². The van der Waals surface area contributed by atoms with Gasteiger partial charge in [-0.3, -0.25) is 5.41 Å². The van der Waals surface area contributed by atoms with Crippen LogP contribution in [0.25, 0.3) is 0 Å². The first-order valence-electron chi connectivity index (χ1n) is 4.93. The summed E-state index contributed by atoms with van der Waals surface area (Å²) in [6.45, 7) is 0. The molecular formula is C10H14N4O. The van der Waals surface area contributed by atoms with Crippen molar-refractivity contribution in [3.05, 3.63) is 17.7 Å². The molecule has 1 aromatic rings. The zero-order valence-corrected chi connectivity index (χ0v) is 8.66. The SMILES string of the molecule is COc1cnc(C2CC2)nc1CC(=N)N. The molecule has 5 nitrogen and oxygen atoms in total. The highest BCUT2D eigenvalue weighted by Crippen LogP contribution is 2.38. The van der Waals surface area contributed by atoms with Crippen LogP contribution < -0.4 is 10.5 Å². The first-order valence-corrected chi connectivity index (χ1v) is 4.93. The quantitative estimate of drug-likeness (QED) is 0.564. The van der Waals surface area contributed by atoms with E-state index in [0.29, 0.717) is 23.8 Å². The monoisotopic (exact) mass is 206 g/mol. The van der Waals surface area contributed by atoms with Crippen molar-refractivity contribution in [2.75, 3.05) is 7.11 Å². The van der Waals surface area contributed by atoms with Gasteiger partial charge in [-0.05, 0) is 12.8 Å². The maximum absolute atomic E-state index is 7.26. The van der Waals surface area contributed by atoms with Crippen LogP contribution in [0.1, 0.15) is 30.3 Å². The number of nitrogens with one attached hydrogen (secondary N) is 1. The lowest BCUT2D eigenvalue weighted by Gasteiger charge is -2.07. The van der Waals surface area contributed by atoms with Crippen LogP contribution in [0.5, 0.6) is 5.75 Å². The normalized spacial score (nSPS) is 15.0. The fourth-order valence-corrected chi connectivity index (χ4v) is 1.44. The van der Waals surface area contributed by atoms with Gasteiger partial charge in [0.2, 0.25) is 0 Å². The second-order valence-corrected chi connectivity index (χ2v) is 3.72. The number of nitrogens with zero attached hydrogens (tertiary/aromatic N) is 2. The highest BCUT2D eigenvalue weighted by Gasteiger charge is 2.27. The minimum atomic E-state index is 0.0914. The molecule has 15 heavy (non-hydrogen) atoms. The Morgan fingerprint density at radius 3 is 2.93 bits per heavy atom. The molecule has 5 heteroatoms. The van der Waals surface area contributed by atoms with Crippen LogP contribution in [-0.4, -0.2) is 22.9 Å². The summed E-state index contributed by atoms with van der Waals surface area (Å²) in [7, 11) is 1.57. The third-order valence-electron chi connectivity index (χ3n) is 2.37. The smallest absolute Gasteiger partial charge is 0.159 e. The average molecular weight is 206 g/mol. The summed E-state index contributed by atoms with van der Waals surface area (Å²) >= 11 is 0. The Morgan fingerprint density at radius 2 is 2.40 bits per heavy atom. The Kier molecular flexibility index (Phi) is 2.53. The Labute approximate surface area is 88.2 Å². The molecule has 1 aromatic heterocycles. The van der Waals surface area contributed by atoms with Crippen LogP contribution in [0.15, 0.2) is 6.20 Å². The van der Waals surface area contributed by atoms with Crippen molar-refractivity contribution in [3.63, 3.8) is 0 Å². The molecule has 0 aromatic carbocycles. The van der Waals surface area contributed by atoms with Gasteiger partial charge in [0.15, 0.2) is 5.75 Å². The maximum atomic E-state index is 7.26. The molecule has 0 bridgehead atoms. The fourth-order valence-electron chi connectivity index (χ4n) is 1.44. The number of amidine groups is 1. The van der Waals surface area contributed by atoms with E-state index in [9.17, 15) is 0 Å².